The quantitative estimate of drug-likeness (QED) is 0.794. The van der Waals surface area contributed by atoms with E-state index in [1.165, 1.54) is 12.1 Å². The maximum absolute atomic E-state index is 13.2. The van der Waals surface area contributed by atoms with Crippen molar-refractivity contribution in [3.05, 3.63) is 53.4 Å². The number of carbonyl (C=O) groups is 1. The van der Waals surface area contributed by atoms with Crippen molar-refractivity contribution in [2.24, 2.45) is 11.8 Å². The SMILES string of the molecule is Cc1cnc(CC2CCN(C(=O)C3CCOC3)CC2)n1Cc1ccc(F)cc1. The zero-order valence-electron chi connectivity index (χ0n) is 16.4. The topological polar surface area (TPSA) is 47.4 Å². The largest absolute Gasteiger partial charge is 0.381 e. The molecular formula is C22H28FN3O2. The number of aryl methyl sites for hydroxylation is 1. The predicted octanol–water partition coefficient (Wildman–Crippen LogP) is 3.20. The summed E-state index contributed by atoms with van der Waals surface area (Å²) in [5.41, 5.74) is 2.19. The Bertz CT molecular complexity index is 804. The molecule has 150 valence electrons. The molecule has 28 heavy (non-hydrogen) atoms. The van der Waals surface area contributed by atoms with Crippen molar-refractivity contribution in [3.8, 4) is 0 Å². The fourth-order valence-corrected chi connectivity index (χ4v) is 4.27. The fourth-order valence-electron chi connectivity index (χ4n) is 4.27. The van der Waals surface area contributed by atoms with Gasteiger partial charge in [0.25, 0.3) is 0 Å². The molecule has 2 fully saturated rings. The molecule has 6 heteroatoms. The summed E-state index contributed by atoms with van der Waals surface area (Å²) in [5.74, 6) is 1.74. The van der Waals surface area contributed by atoms with E-state index in [1.807, 2.05) is 23.2 Å². The van der Waals surface area contributed by atoms with Crippen molar-refractivity contribution in [2.75, 3.05) is 26.3 Å². The van der Waals surface area contributed by atoms with E-state index in [2.05, 4.69) is 16.5 Å². The maximum Gasteiger partial charge on any atom is 0.228 e. The highest BCUT2D eigenvalue weighted by atomic mass is 19.1. The van der Waals surface area contributed by atoms with Crippen LogP contribution in [-0.4, -0.2) is 46.7 Å². The lowest BCUT2D eigenvalue weighted by molar-refractivity contribution is -0.136. The molecule has 1 amide bonds. The van der Waals surface area contributed by atoms with E-state index >= 15 is 0 Å². The van der Waals surface area contributed by atoms with E-state index in [0.717, 1.165) is 55.9 Å². The zero-order valence-corrected chi connectivity index (χ0v) is 16.4. The molecule has 4 rings (SSSR count). The first-order valence-corrected chi connectivity index (χ1v) is 10.2. The molecular weight excluding hydrogens is 357 g/mol. The van der Waals surface area contributed by atoms with Gasteiger partial charge in [-0.05, 0) is 49.8 Å². The monoisotopic (exact) mass is 385 g/mol. The number of rotatable bonds is 5. The van der Waals surface area contributed by atoms with Crippen molar-refractivity contribution < 1.29 is 13.9 Å². The van der Waals surface area contributed by atoms with Crippen molar-refractivity contribution in [2.45, 2.75) is 39.2 Å². The van der Waals surface area contributed by atoms with Crippen LogP contribution in [0.1, 0.15) is 36.3 Å². The van der Waals surface area contributed by atoms with Gasteiger partial charge in [-0.15, -0.1) is 0 Å². The van der Waals surface area contributed by atoms with Gasteiger partial charge >= 0.3 is 0 Å². The second-order valence-corrected chi connectivity index (χ2v) is 8.06. The number of benzene rings is 1. The maximum atomic E-state index is 13.2. The number of likely N-dealkylation sites (tertiary alicyclic amines) is 1. The van der Waals surface area contributed by atoms with Crippen molar-refractivity contribution in [1.82, 2.24) is 14.5 Å². The van der Waals surface area contributed by atoms with Gasteiger partial charge in [0.15, 0.2) is 0 Å². The molecule has 0 spiro atoms. The lowest BCUT2D eigenvalue weighted by Gasteiger charge is -2.33. The first-order chi connectivity index (χ1) is 13.6. The number of ether oxygens (including phenoxy) is 1. The average Bonchev–Trinajstić information content (AvgIpc) is 3.36. The van der Waals surface area contributed by atoms with Crippen molar-refractivity contribution >= 4 is 5.91 Å². The number of carbonyl (C=O) groups excluding carboxylic acids is 1. The second kappa shape index (κ2) is 8.43. The summed E-state index contributed by atoms with van der Waals surface area (Å²) in [5, 5.41) is 0. The Morgan fingerprint density at radius 2 is 1.96 bits per heavy atom. The van der Waals surface area contributed by atoms with Crippen LogP contribution >= 0.6 is 0 Å². The Labute approximate surface area is 165 Å². The van der Waals surface area contributed by atoms with Gasteiger partial charge in [0.2, 0.25) is 5.91 Å². The summed E-state index contributed by atoms with van der Waals surface area (Å²) >= 11 is 0. The first kappa shape index (κ1) is 19.1. The van der Waals surface area contributed by atoms with Crippen molar-refractivity contribution in [3.63, 3.8) is 0 Å². The predicted molar refractivity (Wildman–Crippen MR) is 104 cm³/mol. The number of halogens is 1. The minimum absolute atomic E-state index is 0.0637. The summed E-state index contributed by atoms with van der Waals surface area (Å²) in [6, 6.07) is 6.66. The van der Waals surface area contributed by atoms with Gasteiger partial charge in [0.1, 0.15) is 11.6 Å². The number of nitrogens with zero attached hydrogens (tertiary/aromatic N) is 3. The lowest BCUT2D eigenvalue weighted by Crippen LogP contribution is -2.42. The summed E-state index contributed by atoms with van der Waals surface area (Å²) in [6.07, 6.45) is 5.73. The Balaban J connectivity index is 1.35. The van der Waals surface area contributed by atoms with Crippen LogP contribution in [0.5, 0.6) is 0 Å². The normalized spacial score (nSPS) is 20.6. The van der Waals surface area contributed by atoms with E-state index in [-0.39, 0.29) is 17.6 Å². The van der Waals surface area contributed by atoms with E-state index in [0.29, 0.717) is 25.7 Å². The van der Waals surface area contributed by atoms with Crippen LogP contribution in [0.4, 0.5) is 4.39 Å². The molecule has 2 aromatic rings. The van der Waals surface area contributed by atoms with Gasteiger partial charge in [-0.2, -0.15) is 0 Å². The minimum Gasteiger partial charge on any atom is -0.381 e. The Morgan fingerprint density at radius 3 is 2.64 bits per heavy atom. The second-order valence-electron chi connectivity index (χ2n) is 8.06. The molecule has 0 aliphatic carbocycles. The summed E-state index contributed by atoms with van der Waals surface area (Å²) in [4.78, 5) is 19.2. The van der Waals surface area contributed by atoms with Crippen LogP contribution in [0.15, 0.2) is 30.5 Å². The minimum atomic E-state index is -0.211. The van der Waals surface area contributed by atoms with Gasteiger partial charge in [0.05, 0.1) is 12.5 Å². The summed E-state index contributed by atoms with van der Waals surface area (Å²) < 4.78 is 20.7. The third-order valence-corrected chi connectivity index (χ3v) is 6.07. The number of piperidine rings is 1. The van der Waals surface area contributed by atoms with Crippen LogP contribution in [0, 0.1) is 24.6 Å². The third-order valence-electron chi connectivity index (χ3n) is 6.07. The molecule has 0 radical (unpaired) electrons. The Hall–Kier alpha value is -2.21. The van der Waals surface area contributed by atoms with Gasteiger partial charge in [0, 0.05) is 44.6 Å². The molecule has 1 atom stereocenters. The van der Waals surface area contributed by atoms with Crippen LogP contribution in [-0.2, 0) is 22.5 Å². The van der Waals surface area contributed by atoms with Crippen LogP contribution < -0.4 is 0 Å². The lowest BCUT2D eigenvalue weighted by atomic mass is 9.92. The van der Waals surface area contributed by atoms with Crippen LogP contribution in [0.25, 0.3) is 0 Å². The Kier molecular flexibility index (Phi) is 5.76. The first-order valence-electron chi connectivity index (χ1n) is 10.2. The molecule has 1 aromatic heterocycles. The number of amides is 1. The van der Waals surface area contributed by atoms with E-state index in [4.69, 9.17) is 4.74 Å². The molecule has 0 bridgehead atoms. The number of aromatic nitrogens is 2. The molecule has 2 saturated heterocycles. The van der Waals surface area contributed by atoms with Crippen molar-refractivity contribution in [1.29, 1.82) is 0 Å². The standard InChI is InChI=1S/C22H28FN3O2/c1-16-13-24-21(26(16)14-18-2-4-20(23)5-3-18)12-17-6-9-25(10-7-17)22(27)19-8-11-28-15-19/h2-5,13,17,19H,6-12,14-15H2,1H3. The van der Waals surface area contributed by atoms with Gasteiger partial charge < -0.3 is 14.2 Å². The van der Waals surface area contributed by atoms with Gasteiger partial charge in [-0.3, -0.25) is 4.79 Å². The summed E-state index contributed by atoms with van der Waals surface area (Å²) in [7, 11) is 0. The highest BCUT2D eigenvalue weighted by Crippen LogP contribution is 2.25. The highest BCUT2D eigenvalue weighted by molar-refractivity contribution is 5.79. The van der Waals surface area contributed by atoms with E-state index < -0.39 is 0 Å². The van der Waals surface area contributed by atoms with E-state index in [1.54, 1.807) is 0 Å². The van der Waals surface area contributed by atoms with Gasteiger partial charge in [-0.1, -0.05) is 12.1 Å². The Morgan fingerprint density at radius 1 is 1.21 bits per heavy atom. The molecule has 2 aliphatic heterocycles. The zero-order chi connectivity index (χ0) is 19.5. The summed E-state index contributed by atoms with van der Waals surface area (Å²) in [6.45, 7) is 5.72. The third kappa shape index (κ3) is 4.27. The molecule has 5 nitrogen and oxygen atoms in total. The van der Waals surface area contributed by atoms with E-state index in [9.17, 15) is 9.18 Å². The van der Waals surface area contributed by atoms with Gasteiger partial charge in [-0.25, -0.2) is 9.37 Å². The molecule has 2 aliphatic rings. The number of imidazole rings is 1. The molecule has 3 heterocycles. The number of hydrogen-bond acceptors (Lipinski definition) is 3. The molecule has 0 saturated carbocycles. The average molecular weight is 385 g/mol. The smallest absolute Gasteiger partial charge is 0.228 e. The number of hydrogen-bond donors (Lipinski definition) is 0. The molecule has 0 N–H and O–H groups in total. The van der Waals surface area contributed by atoms with Crippen LogP contribution in [0.2, 0.25) is 0 Å². The highest BCUT2D eigenvalue weighted by Gasteiger charge is 2.31. The van der Waals surface area contributed by atoms with Crippen LogP contribution in [0.3, 0.4) is 0 Å². The fraction of sp³-hybridized carbons (Fsp3) is 0.545. The molecule has 1 unspecified atom stereocenters. The molecule has 1 aromatic carbocycles.